The molecule has 2 unspecified atom stereocenters. The van der Waals surface area contributed by atoms with E-state index >= 15 is 0 Å². The summed E-state index contributed by atoms with van der Waals surface area (Å²) in [4.78, 5) is 0. The predicted molar refractivity (Wildman–Crippen MR) is 79.2 cm³/mol. The number of hydrogen-bond donors (Lipinski definition) is 1. The van der Waals surface area contributed by atoms with Gasteiger partial charge >= 0.3 is 0 Å². The number of ether oxygens (including phenoxy) is 1. The number of unbranched alkanes of at least 4 members (excludes halogenated alkanes) is 6. The summed E-state index contributed by atoms with van der Waals surface area (Å²) in [6, 6.07) is 0. The van der Waals surface area contributed by atoms with Crippen LogP contribution < -0.4 is 0 Å². The molecule has 0 aromatic rings. The van der Waals surface area contributed by atoms with Crippen molar-refractivity contribution in [2.24, 2.45) is 0 Å². The molecular formula is C17H30O2. The minimum absolute atomic E-state index is 0.350. The summed E-state index contributed by atoms with van der Waals surface area (Å²) in [6.45, 7) is 3.75. The van der Waals surface area contributed by atoms with E-state index in [0.717, 1.165) is 38.5 Å². The van der Waals surface area contributed by atoms with Crippen LogP contribution in [0.5, 0.6) is 0 Å². The second kappa shape index (κ2) is 7.44. The summed E-state index contributed by atoms with van der Waals surface area (Å²) < 4.78 is 5.81. The first-order chi connectivity index (χ1) is 9.22. The van der Waals surface area contributed by atoms with Crippen molar-refractivity contribution in [1.82, 2.24) is 0 Å². The zero-order valence-electron chi connectivity index (χ0n) is 12.3. The molecule has 2 rings (SSSR count). The molecule has 2 heterocycles. The lowest BCUT2D eigenvalue weighted by Gasteiger charge is -2.36. The molecule has 0 amide bonds. The highest BCUT2D eigenvalue weighted by atomic mass is 16.5. The number of fused-ring (bicyclic) bond motifs is 2. The normalized spacial score (nSPS) is 33.5. The largest absolute Gasteiger partial charge is 0.390 e. The Morgan fingerprint density at radius 2 is 1.58 bits per heavy atom. The molecule has 2 atom stereocenters. The molecule has 0 aliphatic carbocycles. The van der Waals surface area contributed by atoms with Gasteiger partial charge in [0.2, 0.25) is 0 Å². The molecule has 2 aliphatic rings. The van der Waals surface area contributed by atoms with E-state index in [1.807, 2.05) is 6.08 Å². The van der Waals surface area contributed by atoms with Gasteiger partial charge in [0.05, 0.1) is 17.8 Å². The first kappa shape index (κ1) is 15.1. The molecule has 0 aromatic heterocycles. The van der Waals surface area contributed by atoms with Crippen LogP contribution in [-0.2, 0) is 4.74 Å². The van der Waals surface area contributed by atoms with Crippen molar-refractivity contribution in [3.63, 3.8) is 0 Å². The van der Waals surface area contributed by atoms with E-state index < -0.39 is 5.60 Å². The molecule has 2 fully saturated rings. The van der Waals surface area contributed by atoms with Crippen LogP contribution in [0.25, 0.3) is 0 Å². The quantitative estimate of drug-likeness (QED) is 0.496. The average molecular weight is 266 g/mol. The van der Waals surface area contributed by atoms with Gasteiger partial charge in [-0.05, 0) is 32.1 Å². The second-order valence-corrected chi connectivity index (χ2v) is 6.54. The maximum Gasteiger partial charge on any atom is 0.0697 e. The summed E-state index contributed by atoms with van der Waals surface area (Å²) in [7, 11) is 0. The van der Waals surface area contributed by atoms with E-state index in [2.05, 4.69) is 6.58 Å². The Labute approximate surface area is 118 Å². The summed E-state index contributed by atoms with van der Waals surface area (Å²) in [5, 5.41) is 10.6. The molecule has 2 aliphatic heterocycles. The molecule has 1 N–H and O–H groups in total. The fraction of sp³-hybridized carbons (Fsp3) is 0.882. The Morgan fingerprint density at radius 3 is 2.21 bits per heavy atom. The Kier molecular flexibility index (Phi) is 5.90. The lowest BCUT2D eigenvalue weighted by molar-refractivity contribution is -0.115. The third-order valence-electron chi connectivity index (χ3n) is 4.71. The summed E-state index contributed by atoms with van der Waals surface area (Å²) in [6.07, 6.45) is 16.6. The molecule has 0 spiro atoms. The molecule has 2 nitrogen and oxygen atoms in total. The maximum absolute atomic E-state index is 10.6. The second-order valence-electron chi connectivity index (χ2n) is 6.54. The zero-order valence-corrected chi connectivity index (χ0v) is 12.3. The fourth-order valence-corrected chi connectivity index (χ4v) is 3.67. The Hall–Kier alpha value is -0.340. The van der Waals surface area contributed by atoms with Gasteiger partial charge in [-0.25, -0.2) is 0 Å². The van der Waals surface area contributed by atoms with Gasteiger partial charge < -0.3 is 9.84 Å². The molecule has 110 valence electrons. The van der Waals surface area contributed by atoms with E-state index in [4.69, 9.17) is 4.74 Å². The van der Waals surface area contributed by atoms with Gasteiger partial charge in [0, 0.05) is 12.8 Å². The van der Waals surface area contributed by atoms with Gasteiger partial charge in [0.25, 0.3) is 0 Å². The first-order valence-corrected chi connectivity index (χ1v) is 8.21. The van der Waals surface area contributed by atoms with Crippen LogP contribution in [0.2, 0.25) is 0 Å². The summed E-state index contributed by atoms with van der Waals surface area (Å²) in [5.41, 5.74) is -0.410. The van der Waals surface area contributed by atoms with Crippen LogP contribution in [0, 0.1) is 0 Å². The summed E-state index contributed by atoms with van der Waals surface area (Å²) in [5.74, 6) is 0. The minimum Gasteiger partial charge on any atom is -0.390 e. The SMILES string of the molecule is C=CCCCCCCCCC1(O)CC2CCC(C1)O2. The first-order valence-electron chi connectivity index (χ1n) is 8.21. The van der Waals surface area contributed by atoms with Crippen LogP contribution in [0.15, 0.2) is 12.7 Å². The smallest absolute Gasteiger partial charge is 0.0697 e. The maximum atomic E-state index is 10.6. The predicted octanol–water partition coefficient (Wildman–Crippen LogP) is 4.37. The summed E-state index contributed by atoms with van der Waals surface area (Å²) >= 11 is 0. The van der Waals surface area contributed by atoms with Crippen molar-refractivity contribution in [3.8, 4) is 0 Å². The molecule has 2 heteroatoms. The fourth-order valence-electron chi connectivity index (χ4n) is 3.67. The van der Waals surface area contributed by atoms with Gasteiger partial charge in [-0.15, -0.1) is 6.58 Å². The minimum atomic E-state index is -0.410. The highest BCUT2D eigenvalue weighted by molar-refractivity contribution is 4.94. The standard InChI is InChI=1S/C17H30O2/c1-2-3-4-5-6-7-8-9-12-17(18)13-15-10-11-16(14-17)19-15/h2,15-16,18H,1,3-14H2. The topological polar surface area (TPSA) is 29.5 Å². The van der Waals surface area contributed by atoms with E-state index in [0.29, 0.717) is 12.2 Å². The molecule has 0 radical (unpaired) electrons. The van der Waals surface area contributed by atoms with Crippen molar-refractivity contribution < 1.29 is 9.84 Å². The number of aliphatic hydroxyl groups is 1. The third kappa shape index (κ3) is 4.92. The van der Waals surface area contributed by atoms with Crippen molar-refractivity contribution in [1.29, 1.82) is 0 Å². The van der Waals surface area contributed by atoms with Crippen LogP contribution in [-0.4, -0.2) is 22.9 Å². The van der Waals surface area contributed by atoms with Gasteiger partial charge in [-0.3, -0.25) is 0 Å². The molecule has 0 aromatic carbocycles. The van der Waals surface area contributed by atoms with Crippen LogP contribution >= 0.6 is 0 Å². The van der Waals surface area contributed by atoms with Crippen molar-refractivity contribution in [2.75, 3.05) is 0 Å². The zero-order chi connectivity index (χ0) is 13.6. The van der Waals surface area contributed by atoms with E-state index in [-0.39, 0.29) is 0 Å². The van der Waals surface area contributed by atoms with E-state index in [1.165, 1.54) is 38.5 Å². The Bertz CT molecular complexity index is 262. The average Bonchev–Trinajstić information content (AvgIpc) is 2.73. The lowest BCUT2D eigenvalue weighted by atomic mass is 9.85. The van der Waals surface area contributed by atoms with Crippen molar-refractivity contribution >= 4 is 0 Å². The highest BCUT2D eigenvalue weighted by Gasteiger charge is 2.42. The van der Waals surface area contributed by atoms with Gasteiger partial charge in [-0.1, -0.05) is 38.2 Å². The number of allylic oxidation sites excluding steroid dienone is 1. The molecule has 0 saturated carbocycles. The van der Waals surface area contributed by atoms with Crippen LogP contribution in [0.4, 0.5) is 0 Å². The van der Waals surface area contributed by atoms with Gasteiger partial charge in [0.1, 0.15) is 0 Å². The molecule has 2 bridgehead atoms. The molecular weight excluding hydrogens is 236 g/mol. The third-order valence-corrected chi connectivity index (χ3v) is 4.71. The Balaban J connectivity index is 1.52. The highest BCUT2D eigenvalue weighted by Crippen LogP contribution is 2.40. The monoisotopic (exact) mass is 266 g/mol. The van der Waals surface area contributed by atoms with Crippen LogP contribution in [0.3, 0.4) is 0 Å². The molecule has 2 saturated heterocycles. The van der Waals surface area contributed by atoms with E-state index in [1.54, 1.807) is 0 Å². The van der Waals surface area contributed by atoms with Crippen LogP contribution in [0.1, 0.15) is 77.0 Å². The number of rotatable bonds is 9. The lowest BCUT2D eigenvalue weighted by Crippen LogP contribution is -2.40. The molecule has 19 heavy (non-hydrogen) atoms. The van der Waals surface area contributed by atoms with E-state index in [9.17, 15) is 5.11 Å². The van der Waals surface area contributed by atoms with Gasteiger partial charge in [-0.2, -0.15) is 0 Å². The Morgan fingerprint density at radius 1 is 1.00 bits per heavy atom. The van der Waals surface area contributed by atoms with Gasteiger partial charge in [0.15, 0.2) is 0 Å². The van der Waals surface area contributed by atoms with Crippen molar-refractivity contribution in [2.45, 2.75) is 94.9 Å². The van der Waals surface area contributed by atoms with Crippen molar-refractivity contribution in [3.05, 3.63) is 12.7 Å². The number of hydrogen-bond acceptors (Lipinski definition) is 2.